The van der Waals surface area contributed by atoms with E-state index in [1.54, 1.807) is 13.2 Å². The van der Waals surface area contributed by atoms with E-state index in [2.05, 4.69) is 26.8 Å². The molecule has 0 spiro atoms. The minimum Gasteiger partial charge on any atom is -0.472 e. The minimum absolute atomic E-state index is 0.0174. The second-order valence-corrected chi connectivity index (χ2v) is 12.3. The maximum atomic E-state index is 12.7. The van der Waals surface area contributed by atoms with Crippen LogP contribution in [-0.4, -0.2) is 39.8 Å². The summed E-state index contributed by atoms with van der Waals surface area (Å²) >= 11 is 0. The summed E-state index contributed by atoms with van der Waals surface area (Å²) < 4.78 is 11.4. The highest BCUT2D eigenvalue weighted by Crippen LogP contribution is 2.72. The van der Waals surface area contributed by atoms with Crippen LogP contribution in [0.2, 0.25) is 0 Å². The van der Waals surface area contributed by atoms with E-state index in [-0.39, 0.29) is 29.5 Å². The number of rotatable bonds is 2. The van der Waals surface area contributed by atoms with Gasteiger partial charge >= 0.3 is 5.97 Å². The Kier molecular flexibility index (Phi) is 5.28. The number of Topliss-reactive ketones (excluding diaryl/α,β-unsaturated/α-hetero) is 1. The van der Waals surface area contributed by atoms with Gasteiger partial charge in [-0.1, -0.05) is 32.4 Å². The van der Waals surface area contributed by atoms with Gasteiger partial charge in [-0.15, -0.1) is 0 Å². The van der Waals surface area contributed by atoms with Crippen molar-refractivity contribution in [1.29, 1.82) is 0 Å². The molecule has 6 nitrogen and oxygen atoms in total. The molecule has 9 atom stereocenters. The number of allylic oxidation sites excluding steroid dienone is 1. The topological polar surface area (TPSA) is 97.0 Å². The molecular formula is C28H38O6. The van der Waals surface area contributed by atoms with Gasteiger partial charge in [0.05, 0.1) is 24.2 Å². The zero-order chi connectivity index (χ0) is 24.7. The maximum Gasteiger partial charge on any atom is 0.303 e. The number of hydrogen-bond donors (Lipinski definition) is 2. The highest BCUT2D eigenvalue weighted by Gasteiger charge is 2.71. The van der Waals surface area contributed by atoms with Crippen LogP contribution in [0.1, 0.15) is 84.6 Å². The lowest BCUT2D eigenvalue weighted by atomic mass is 9.39. The third-order valence-corrected chi connectivity index (χ3v) is 10.4. The number of ether oxygens (including phenoxy) is 1. The van der Waals surface area contributed by atoms with Gasteiger partial charge < -0.3 is 19.4 Å². The van der Waals surface area contributed by atoms with Crippen LogP contribution in [0.5, 0.6) is 0 Å². The first-order valence-corrected chi connectivity index (χ1v) is 12.7. The number of aliphatic hydroxyl groups is 2. The van der Waals surface area contributed by atoms with Gasteiger partial charge in [0.2, 0.25) is 0 Å². The van der Waals surface area contributed by atoms with E-state index in [4.69, 9.17) is 9.15 Å². The molecule has 9 unspecified atom stereocenters. The Morgan fingerprint density at radius 1 is 1.21 bits per heavy atom. The van der Waals surface area contributed by atoms with Gasteiger partial charge in [0.1, 0.15) is 11.9 Å². The largest absolute Gasteiger partial charge is 0.472 e. The normalized spacial score (nSPS) is 48.3. The Bertz CT molecular complexity index is 1020. The van der Waals surface area contributed by atoms with Crippen LogP contribution in [0.3, 0.4) is 0 Å². The van der Waals surface area contributed by atoms with E-state index < -0.39 is 40.5 Å². The molecule has 0 saturated heterocycles. The Balaban J connectivity index is 1.67. The number of fused-ring (bicyclic) bond motifs is 5. The number of furan rings is 1. The molecule has 186 valence electrons. The van der Waals surface area contributed by atoms with E-state index in [0.29, 0.717) is 12.8 Å². The standard InChI is InChI=1S/C28H38O6/c1-16(29)34-24-22(31)23-26(3,11-8-18(30)14-27(23,4)32)21-9-12-25(2)19(17-10-13-33-15-17)6-7-20(25)28(21,24)5/h7,10,13,15,19,21-24,31-32H,6,8-9,11-12,14H2,1-5H3. The second-order valence-electron chi connectivity index (χ2n) is 12.3. The molecule has 1 aromatic rings. The summed E-state index contributed by atoms with van der Waals surface area (Å²) in [7, 11) is 0. The van der Waals surface area contributed by atoms with Gasteiger partial charge in [-0.05, 0) is 66.9 Å². The minimum atomic E-state index is -1.37. The van der Waals surface area contributed by atoms with Crippen molar-refractivity contribution in [3.05, 3.63) is 35.8 Å². The summed E-state index contributed by atoms with van der Waals surface area (Å²) in [6.07, 6.45) is 7.71. The molecule has 6 heteroatoms. The third-order valence-electron chi connectivity index (χ3n) is 10.4. The zero-order valence-electron chi connectivity index (χ0n) is 21.0. The van der Waals surface area contributed by atoms with Crippen molar-refractivity contribution >= 4 is 11.8 Å². The average Bonchev–Trinajstić information content (AvgIpc) is 3.34. The summed E-state index contributed by atoms with van der Waals surface area (Å²) in [6.45, 7) is 9.65. The third kappa shape index (κ3) is 3.07. The molecule has 0 bridgehead atoms. The van der Waals surface area contributed by atoms with Crippen LogP contribution >= 0.6 is 0 Å². The summed E-state index contributed by atoms with van der Waals surface area (Å²) in [5.41, 5.74) is -0.196. The quantitative estimate of drug-likeness (QED) is 0.486. The number of carbonyl (C=O) groups is 2. The van der Waals surface area contributed by atoms with Crippen molar-refractivity contribution in [2.24, 2.45) is 28.1 Å². The van der Waals surface area contributed by atoms with E-state index in [1.807, 2.05) is 12.3 Å². The Morgan fingerprint density at radius 2 is 1.94 bits per heavy atom. The van der Waals surface area contributed by atoms with Crippen molar-refractivity contribution in [1.82, 2.24) is 0 Å². The molecule has 5 rings (SSSR count). The lowest BCUT2D eigenvalue weighted by Gasteiger charge is -2.67. The van der Waals surface area contributed by atoms with Crippen LogP contribution < -0.4 is 0 Å². The fourth-order valence-corrected chi connectivity index (χ4v) is 9.26. The van der Waals surface area contributed by atoms with Crippen molar-refractivity contribution in [3.8, 4) is 0 Å². The fraction of sp³-hybridized carbons (Fsp3) is 0.714. The highest BCUT2D eigenvalue weighted by molar-refractivity contribution is 5.80. The highest BCUT2D eigenvalue weighted by atomic mass is 16.6. The Hall–Kier alpha value is -1.92. The molecule has 0 amide bonds. The maximum absolute atomic E-state index is 12.7. The van der Waals surface area contributed by atoms with Crippen LogP contribution in [0.25, 0.3) is 0 Å². The molecule has 34 heavy (non-hydrogen) atoms. The molecular weight excluding hydrogens is 432 g/mol. The molecule has 4 aliphatic rings. The molecule has 0 aliphatic heterocycles. The van der Waals surface area contributed by atoms with Gasteiger partial charge in [-0.3, -0.25) is 9.59 Å². The number of ketones is 1. The molecule has 0 aromatic carbocycles. The molecule has 3 saturated carbocycles. The van der Waals surface area contributed by atoms with Gasteiger partial charge in [0.25, 0.3) is 0 Å². The lowest BCUT2D eigenvalue weighted by Crippen LogP contribution is -2.70. The second kappa shape index (κ2) is 7.54. The van der Waals surface area contributed by atoms with Crippen LogP contribution in [0, 0.1) is 28.1 Å². The van der Waals surface area contributed by atoms with E-state index in [9.17, 15) is 19.8 Å². The number of hydrogen-bond acceptors (Lipinski definition) is 6. The first-order chi connectivity index (χ1) is 15.9. The summed E-state index contributed by atoms with van der Waals surface area (Å²) in [6, 6.07) is 2.03. The van der Waals surface area contributed by atoms with Crippen molar-refractivity contribution in [3.63, 3.8) is 0 Å². The SMILES string of the molecule is CC(=O)OC1C(O)C2C(C)(O)CC(=O)CCC2(C)C2CCC3(C)C(=CCC3c3ccoc3)C12C. The van der Waals surface area contributed by atoms with Gasteiger partial charge in [0.15, 0.2) is 0 Å². The van der Waals surface area contributed by atoms with E-state index in [1.165, 1.54) is 18.1 Å². The fourth-order valence-electron chi connectivity index (χ4n) is 9.26. The predicted molar refractivity (Wildman–Crippen MR) is 126 cm³/mol. The average molecular weight is 471 g/mol. The predicted octanol–water partition coefficient (Wildman–Crippen LogP) is 4.55. The van der Waals surface area contributed by atoms with Crippen molar-refractivity contribution < 1.29 is 29.0 Å². The zero-order valence-corrected chi connectivity index (χ0v) is 21.0. The van der Waals surface area contributed by atoms with Crippen LogP contribution in [0.15, 0.2) is 34.7 Å². The molecule has 1 aromatic heterocycles. The van der Waals surface area contributed by atoms with Crippen molar-refractivity contribution in [2.45, 2.75) is 96.9 Å². The molecule has 1 heterocycles. The Morgan fingerprint density at radius 3 is 2.59 bits per heavy atom. The summed E-state index contributed by atoms with van der Waals surface area (Å²) in [5, 5.41) is 23.4. The Labute approximate surface area is 201 Å². The first kappa shape index (κ1) is 23.8. The molecule has 4 aliphatic carbocycles. The smallest absolute Gasteiger partial charge is 0.303 e. The molecule has 0 radical (unpaired) electrons. The van der Waals surface area contributed by atoms with E-state index >= 15 is 0 Å². The van der Waals surface area contributed by atoms with E-state index in [0.717, 1.165) is 19.3 Å². The van der Waals surface area contributed by atoms with Crippen LogP contribution in [-0.2, 0) is 14.3 Å². The molecule has 3 fully saturated rings. The number of carbonyl (C=O) groups excluding carboxylic acids is 2. The summed E-state index contributed by atoms with van der Waals surface area (Å²) in [5.74, 6) is -0.658. The number of aliphatic hydroxyl groups excluding tert-OH is 1. The molecule has 2 N–H and O–H groups in total. The number of esters is 1. The van der Waals surface area contributed by atoms with Gasteiger partial charge in [0, 0.05) is 31.1 Å². The summed E-state index contributed by atoms with van der Waals surface area (Å²) in [4.78, 5) is 25.0. The monoisotopic (exact) mass is 470 g/mol. The first-order valence-electron chi connectivity index (χ1n) is 12.7. The van der Waals surface area contributed by atoms with Gasteiger partial charge in [-0.25, -0.2) is 0 Å². The van der Waals surface area contributed by atoms with Crippen LogP contribution in [0.4, 0.5) is 0 Å². The lowest BCUT2D eigenvalue weighted by molar-refractivity contribution is -0.251. The van der Waals surface area contributed by atoms with Gasteiger partial charge in [-0.2, -0.15) is 0 Å². The van der Waals surface area contributed by atoms with Crippen molar-refractivity contribution in [2.75, 3.05) is 0 Å².